The second-order valence-electron chi connectivity index (χ2n) is 4.80. The molecule has 96 valence electrons. The van der Waals surface area contributed by atoms with Crippen molar-refractivity contribution in [3.63, 3.8) is 0 Å². The summed E-state index contributed by atoms with van der Waals surface area (Å²) in [5.41, 5.74) is 7.92. The molecule has 5 heteroatoms. The number of aryl methyl sites for hydroxylation is 2. The number of β-amino-alcohol motifs (C(OH)–C–C–N with tert-alkyl or cyclic N) is 1. The van der Waals surface area contributed by atoms with E-state index >= 15 is 0 Å². The quantitative estimate of drug-likeness (QED) is 0.821. The summed E-state index contributed by atoms with van der Waals surface area (Å²) in [6.07, 6.45) is 3.61. The minimum absolute atomic E-state index is 0.243. The first-order chi connectivity index (χ1) is 8.13. The summed E-state index contributed by atoms with van der Waals surface area (Å²) in [4.78, 5) is 2.15. The normalized spacial score (nSPS) is 20.9. The fraction of sp³-hybridized carbons (Fsp3) is 0.750. The number of hydrogen-bond donors (Lipinski definition) is 2. The maximum Gasteiger partial charge on any atom is 0.150 e. The van der Waals surface area contributed by atoms with Gasteiger partial charge in [0.2, 0.25) is 0 Å². The molecule has 1 aliphatic rings. The van der Waals surface area contributed by atoms with Crippen molar-refractivity contribution in [1.82, 2.24) is 9.78 Å². The summed E-state index contributed by atoms with van der Waals surface area (Å²) in [6.45, 7) is 3.74. The zero-order chi connectivity index (χ0) is 12.4. The smallest absolute Gasteiger partial charge is 0.150 e. The number of anilines is 2. The van der Waals surface area contributed by atoms with E-state index in [2.05, 4.69) is 16.9 Å². The average Bonchev–Trinajstić information content (AvgIpc) is 2.55. The molecule has 0 radical (unpaired) electrons. The number of aliphatic hydroxyl groups excluding tert-OH is 1. The van der Waals surface area contributed by atoms with Crippen molar-refractivity contribution in [3.05, 3.63) is 5.69 Å². The highest BCUT2D eigenvalue weighted by atomic mass is 16.3. The van der Waals surface area contributed by atoms with Crippen LogP contribution in [0.3, 0.4) is 0 Å². The lowest BCUT2D eigenvalue weighted by atomic mass is 10.1. The number of nitrogens with two attached hydrogens (primary N) is 1. The van der Waals surface area contributed by atoms with Gasteiger partial charge in [-0.2, -0.15) is 5.10 Å². The number of aromatic nitrogens is 2. The minimum Gasteiger partial charge on any atom is -0.394 e. The molecule has 3 N–H and O–H groups in total. The molecule has 1 saturated heterocycles. The third-order valence-electron chi connectivity index (χ3n) is 3.31. The summed E-state index contributed by atoms with van der Waals surface area (Å²) < 4.78 is 1.85. The highest BCUT2D eigenvalue weighted by Crippen LogP contribution is 2.29. The number of piperidine rings is 1. The lowest BCUT2D eigenvalue weighted by molar-refractivity contribution is 0.153. The highest BCUT2D eigenvalue weighted by molar-refractivity contribution is 5.66. The van der Waals surface area contributed by atoms with Gasteiger partial charge in [-0.3, -0.25) is 4.68 Å². The molecule has 1 aromatic heterocycles. The molecule has 1 atom stereocenters. The maximum atomic E-state index is 9.72. The molecule has 17 heavy (non-hydrogen) atoms. The van der Waals surface area contributed by atoms with E-state index in [4.69, 9.17) is 5.73 Å². The third-order valence-corrected chi connectivity index (χ3v) is 3.31. The molecular weight excluding hydrogens is 216 g/mol. The van der Waals surface area contributed by atoms with Crippen molar-refractivity contribution in [2.75, 3.05) is 23.7 Å². The van der Waals surface area contributed by atoms with E-state index in [0.29, 0.717) is 6.54 Å². The summed E-state index contributed by atoms with van der Waals surface area (Å²) in [5.74, 6) is 0.965. The summed E-state index contributed by atoms with van der Waals surface area (Å²) >= 11 is 0. The summed E-state index contributed by atoms with van der Waals surface area (Å²) in [5, 5.41) is 14.2. The van der Waals surface area contributed by atoms with Crippen LogP contribution >= 0.6 is 0 Å². The van der Waals surface area contributed by atoms with Gasteiger partial charge in [-0.15, -0.1) is 0 Å². The van der Waals surface area contributed by atoms with Crippen molar-refractivity contribution in [2.24, 2.45) is 7.05 Å². The van der Waals surface area contributed by atoms with Crippen LogP contribution in [0.25, 0.3) is 0 Å². The van der Waals surface area contributed by atoms with Gasteiger partial charge in [0, 0.05) is 20.1 Å². The van der Waals surface area contributed by atoms with Gasteiger partial charge < -0.3 is 15.7 Å². The molecule has 2 rings (SSSR count). The predicted octanol–water partition coefficient (Wildman–Crippen LogP) is 0.916. The molecule has 0 saturated carbocycles. The topological polar surface area (TPSA) is 67.3 Å². The van der Waals surface area contributed by atoms with Gasteiger partial charge in [0.1, 0.15) is 5.82 Å². The molecule has 0 aliphatic carbocycles. The number of aliphatic hydroxyl groups is 1. The fourth-order valence-electron chi connectivity index (χ4n) is 2.53. The van der Waals surface area contributed by atoms with E-state index in [0.717, 1.165) is 49.4 Å². The number of nitrogen functional groups attached to an aromatic ring is 1. The molecule has 0 spiro atoms. The Morgan fingerprint density at radius 1 is 1.53 bits per heavy atom. The number of rotatable bonds is 3. The highest BCUT2D eigenvalue weighted by Gasteiger charge is 2.24. The van der Waals surface area contributed by atoms with Crippen LogP contribution in [-0.4, -0.2) is 34.1 Å². The molecule has 1 fully saturated rings. The van der Waals surface area contributed by atoms with E-state index < -0.39 is 0 Å². The van der Waals surface area contributed by atoms with Gasteiger partial charge in [-0.1, -0.05) is 13.3 Å². The molecule has 1 unspecified atom stereocenters. The van der Waals surface area contributed by atoms with Gasteiger partial charge >= 0.3 is 0 Å². The molecule has 0 bridgehead atoms. The van der Waals surface area contributed by atoms with E-state index in [1.165, 1.54) is 0 Å². The van der Waals surface area contributed by atoms with Crippen LogP contribution in [0, 0.1) is 0 Å². The van der Waals surface area contributed by atoms with Crippen LogP contribution in [0.1, 0.15) is 31.9 Å². The zero-order valence-corrected chi connectivity index (χ0v) is 10.7. The largest absolute Gasteiger partial charge is 0.394 e. The fourth-order valence-corrected chi connectivity index (χ4v) is 2.53. The van der Waals surface area contributed by atoms with Crippen LogP contribution in [0.4, 0.5) is 11.5 Å². The second kappa shape index (κ2) is 4.96. The molecule has 1 aliphatic heterocycles. The Kier molecular flexibility index (Phi) is 3.57. The SMILES string of the molecule is CCCc1nn(C)c(N2CCCC(O)C2)c1N. The van der Waals surface area contributed by atoms with Crippen molar-refractivity contribution in [2.45, 2.75) is 38.7 Å². The van der Waals surface area contributed by atoms with Crippen LogP contribution in [0.5, 0.6) is 0 Å². The van der Waals surface area contributed by atoms with E-state index in [1.807, 2.05) is 11.7 Å². The molecule has 5 nitrogen and oxygen atoms in total. The number of hydrogen-bond acceptors (Lipinski definition) is 4. The van der Waals surface area contributed by atoms with Gasteiger partial charge in [0.25, 0.3) is 0 Å². The molecule has 0 amide bonds. The lowest BCUT2D eigenvalue weighted by Gasteiger charge is -2.31. The Bertz CT molecular complexity index is 388. The Balaban J connectivity index is 2.24. The van der Waals surface area contributed by atoms with Crippen LogP contribution in [0.2, 0.25) is 0 Å². The van der Waals surface area contributed by atoms with E-state index in [1.54, 1.807) is 0 Å². The van der Waals surface area contributed by atoms with Crippen molar-refractivity contribution in [1.29, 1.82) is 0 Å². The zero-order valence-electron chi connectivity index (χ0n) is 10.7. The Labute approximate surface area is 102 Å². The van der Waals surface area contributed by atoms with E-state index in [-0.39, 0.29) is 6.10 Å². The molecule has 0 aromatic carbocycles. The monoisotopic (exact) mass is 238 g/mol. The minimum atomic E-state index is -0.243. The van der Waals surface area contributed by atoms with Crippen LogP contribution in [0.15, 0.2) is 0 Å². The number of nitrogens with zero attached hydrogens (tertiary/aromatic N) is 3. The molecule has 1 aromatic rings. The summed E-state index contributed by atoms with van der Waals surface area (Å²) in [6, 6.07) is 0. The second-order valence-corrected chi connectivity index (χ2v) is 4.80. The van der Waals surface area contributed by atoms with E-state index in [9.17, 15) is 5.11 Å². The third kappa shape index (κ3) is 2.39. The van der Waals surface area contributed by atoms with Crippen LogP contribution < -0.4 is 10.6 Å². The van der Waals surface area contributed by atoms with Crippen molar-refractivity contribution in [3.8, 4) is 0 Å². The molecular formula is C12H22N4O. The van der Waals surface area contributed by atoms with Gasteiger partial charge in [-0.25, -0.2) is 0 Å². The van der Waals surface area contributed by atoms with Crippen molar-refractivity contribution < 1.29 is 5.11 Å². The van der Waals surface area contributed by atoms with Gasteiger partial charge in [0.15, 0.2) is 0 Å². The first-order valence-corrected chi connectivity index (χ1v) is 6.37. The van der Waals surface area contributed by atoms with Gasteiger partial charge in [-0.05, 0) is 19.3 Å². The first-order valence-electron chi connectivity index (χ1n) is 6.37. The van der Waals surface area contributed by atoms with Gasteiger partial charge in [0.05, 0.1) is 17.5 Å². The standard InChI is InChI=1S/C12H22N4O/c1-3-5-10-11(13)12(15(2)14-10)16-7-4-6-9(17)8-16/h9,17H,3-8,13H2,1-2H3. The summed E-state index contributed by atoms with van der Waals surface area (Å²) in [7, 11) is 1.92. The molecule has 2 heterocycles. The predicted molar refractivity (Wildman–Crippen MR) is 69.1 cm³/mol. The average molecular weight is 238 g/mol. The lowest BCUT2D eigenvalue weighted by Crippen LogP contribution is -2.39. The van der Waals surface area contributed by atoms with Crippen molar-refractivity contribution >= 4 is 11.5 Å². The van der Waals surface area contributed by atoms with Crippen LogP contribution in [-0.2, 0) is 13.5 Å². The Morgan fingerprint density at radius 3 is 2.94 bits per heavy atom. The first kappa shape index (κ1) is 12.2. The Hall–Kier alpha value is -1.23. The maximum absolute atomic E-state index is 9.72. The Morgan fingerprint density at radius 2 is 2.29 bits per heavy atom.